The van der Waals surface area contributed by atoms with Gasteiger partial charge in [0.1, 0.15) is 5.69 Å². The fraction of sp³-hybridized carbons (Fsp3) is 0.571. The van der Waals surface area contributed by atoms with Gasteiger partial charge in [0.05, 0.1) is 0 Å². The van der Waals surface area contributed by atoms with Crippen molar-refractivity contribution in [1.29, 1.82) is 0 Å². The van der Waals surface area contributed by atoms with Crippen LogP contribution in [0.4, 0.5) is 5.69 Å². The van der Waals surface area contributed by atoms with E-state index < -0.39 is 0 Å². The third-order valence-corrected chi connectivity index (χ3v) is 3.51. The molecule has 1 aromatic rings. The molecule has 98 valence electrons. The van der Waals surface area contributed by atoms with Gasteiger partial charge in [0.15, 0.2) is 0 Å². The van der Waals surface area contributed by atoms with Gasteiger partial charge in [0.25, 0.3) is 5.91 Å². The highest BCUT2D eigenvalue weighted by Crippen LogP contribution is 2.22. The third-order valence-electron chi connectivity index (χ3n) is 3.51. The number of pyridine rings is 1. The lowest BCUT2D eigenvalue weighted by Crippen LogP contribution is -2.43. The van der Waals surface area contributed by atoms with Gasteiger partial charge in [-0.05, 0) is 37.8 Å². The Morgan fingerprint density at radius 1 is 1.56 bits per heavy atom. The maximum absolute atomic E-state index is 12.4. The SMILES string of the molecule is CCCC1CCCCN1C(=O)c1cc(N)ccn1. The molecule has 2 rings (SSSR count). The minimum atomic E-state index is 0.0282. The normalized spacial score (nSPS) is 19.8. The van der Waals surface area contributed by atoms with E-state index in [0.717, 1.165) is 32.2 Å². The smallest absolute Gasteiger partial charge is 0.272 e. The molecule has 0 radical (unpaired) electrons. The molecule has 1 aliphatic rings. The number of hydrogen-bond donors (Lipinski definition) is 1. The van der Waals surface area contributed by atoms with E-state index >= 15 is 0 Å². The van der Waals surface area contributed by atoms with E-state index in [1.54, 1.807) is 18.3 Å². The average Bonchev–Trinajstić information content (AvgIpc) is 2.39. The molecule has 1 aliphatic heterocycles. The first kappa shape index (κ1) is 12.9. The number of nitrogens with zero attached hydrogens (tertiary/aromatic N) is 2. The predicted octanol–water partition coefficient (Wildman–Crippen LogP) is 2.46. The van der Waals surface area contributed by atoms with Crippen LogP contribution in [0, 0.1) is 0 Å². The zero-order valence-corrected chi connectivity index (χ0v) is 10.9. The number of aromatic nitrogens is 1. The summed E-state index contributed by atoms with van der Waals surface area (Å²) in [6.07, 6.45) is 7.21. The Balaban J connectivity index is 2.15. The summed E-state index contributed by atoms with van der Waals surface area (Å²) in [4.78, 5) is 18.6. The number of amides is 1. The van der Waals surface area contributed by atoms with E-state index in [-0.39, 0.29) is 5.91 Å². The van der Waals surface area contributed by atoms with E-state index in [1.807, 2.05) is 4.90 Å². The molecule has 1 aromatic heterocycles. The van der Waals surface area contributed by atoms with Crippen molar-refractivity contribution in [1.82, 2.24) is 9.88 Å². The number of carbonyl (C=O) groups excluding carboxylic acids is 1. The molecule has 0 bridgehead atoms. The van der Waals surface area contributed by atoms with Crippen molar-refractivity contribution in [3.63, 3.8) is 0 Å². The molecular formula is C14H21N3O. The number of hydrogen-bond acceptors (Lipinski definition) is 3. The fourth-order valence-electron chi connectivity index (χ4n) is 2.61. The molecule has 4 heteroatoms. The van der Waals surface area contributed by atoms with Crippen molar-refractivity contribution >= 4 is 11.6 Å². The van der Waals surface area contributed by atoms with Gasteiger partial charge in [-0.25, -0.2) is 0 Å². The number of nitrogen functional groups attached to an aromatic ring is 1. The summed E-state index contributed by atoms with van der Waals surface area (Å²) in [6.45, 7) is 3.01. The summed E-state index contributed by atoms with van der Waals surface area (Å²) in [7, 11) is 0. The number of rotatable bonds is 3. The lowest BCUT2D eigenvalue weighted by Gasteiger charge is -2.35. The van der Waals surface area contributed by atoms with Crippen LogP contribution in [0.1, 0.15) is 49.5 Å². The summed E-state index contributed by atoms with van der Waals surface area (Å²) in [6, 6.07) is 3.75. The topological polar surface area (TPSA) is 59.2 Å². The minimum Gasteiger partial charge on any atom is -0.399 e. The number of nitrogens with two attached hydrogens (primary N) is 1. The maximum atomic E-state index is 12.4. The molecule has 0 spiro atoms. The number of carbonyl (C=O) groups is 1. The van der Waals surface area contributed by atoms with Crippen LogP contribution in [-0.2, 0) is 0 Å². The highest BCUT2D eigenvalue weighted by atomic mass is 16.2. The zero-order valence-electron chi connectivity index (χ0n) is 10.9. The molecule has 4 nitrogen and oxygen atoms in total. The van der Waals surface area contributed by atoms with E-state index in [1.165, 1.54) is 6.42 Å². The van der Waals surface area contributed by atoms with Gasteiger partial charge >= 0.3 is 0 Å². The Morgan fingerprint density at radius 3 is 3.11 bits per heavy atom. The quantitative estimate of drug-likeness (QED) is 0.892. The lowest BCUT2D eigenvalue weighted by atomic mass is 9.98. The standard InChI is InChI=1S/C14H21N3O/c1-2-5-12-6-3-4-9-17(12)14(18)13-10-11(15)7-8-16-13/h7-8,10,12H,2-6,9H2,1H3,(H2,15,16). The Hall–Kier alpha value is -1.58. The summed E-state index contributed by atoms with van der Waals surface area (Å²) in [5.41, 5.74) is 6.77. The van der Waals surface area contributed by atoms with Crippen molar-refractivity contribution < 1.29 is 4.79 Å². The molecule has 1 fully saturated rings. The van der Waals surface area contributed by atoms with Crippen molar-refractivity contribution in [3.8, 4) is 0 Å². The van der Waals surface area contributed by atoms with Gasteiger partial charge in [-0.1, -0.05) is 13.3 Å². The van der Waals surface area contributed by atoms with Crippen LogP contribution >= 0.6 is 0 Å². The first-order chi connectivity index (χ1) is 8.72. The highest BCUT2D eigenvalue weighted by molar-refractivity contribution is 5.93. The molecule has 0 aliphatic carbocycles. The van der Waals surface area contributed by atoms with Gasteiger partial charge in [0.2, 0.25) is 0 Å². The molecule has 2 N–H and O–H groups in total. The highest BCUT2D eigenvalue weighted by Gasteiger charge is 2.27. The van der Waals surface area contributed by atoms with Crippen LogP contribution in [-0.4, -0.2) is 28.4 Å². The van der Waals surface area contributed by atoms with Gasteiger partial charge in [-0.3, -0.25) is 9.78 Å². The van der Waals surface area contributed by atoms with Crippen LogP contribution < -0.4 is 5.73 Å². The van der Waals surface area contributed by atoms with Crippen LogP contribution in [0.2, 0.25) is 0 Å². The molecule has 1 saturated heterocycles. The Bertz CT molecular complexity index is 417. The molecular weight excluding hydrogens is 226 g/mol. The van der Waals surface area contributed by atoms with Gasteiger partial charge < -0.3 is 10.6 Å². The molecule has 1 unspecified atom stereocenters. The first-order valence-electron chi connectivity index (χ1n) is 6.75. The van der Waals surface area contributed by atoms with Crippen LogP contribution in [0.25, 0.3) is 0 Å². The predicted molar refractivity (Wildman–Crippen MR) is 72.2 cm³/mol. The fourth-order valence-corrected chi connectivity index (χ4v) is 2.61. The molecule has 1 atom stereocenters. The number of likely N-dealkylation sites (tertiary alicyclic amines) is 1. The van der Waals surface area contributed by atoms with E-state index in [0.29, 0.717) is 17.4 Å². The van der Waals surface area contributed by atoms with Crippen molar-refractivity contribution in [2.45, 2.75) is 45.1 Å². The van der Waals surface area contributed by atoms with Gasteiger partial charge in [-0.2, -0.15) is 0 Å². The van der Waals surface area contributed by atoms with Gasteiger partial charge in [0, 0.05) is 24.5 Å². The largest absolute Gasteiger partial charge is 0.399 e. The van der Waals surface area contributed by atoms with Crippen LogP contribution in [0.3, 0.4) is 0 Å². The molecule has 1 amide bonds. The number of anilines is 1. The summed E-state index contributed by atoms with van der Waals surface area (Å²) in [5.74, 6) is 0.0282. The second-order valence-electron chi connectivity index (χ2n) is 4.91. The van der Waals surface area contributed by atoms with Crippen LogP contribution in [0.15, 0.2) is 18.3 Å². The van der Waals surface area contributed by atoms with Crippen molar-refractivity contribution in [2.75, 3.05) is 12.3 Å². The second-order valence-corrected chi connectivity index (χ2v) is 4.91. The third kappa shape index (κ3) is 2.81. The lowest BCUT2D eigenvalue weighted by molar-refractivity contribution is 0.0594. The van der Waals surface area contributed by atoms with E-state index in [2.05, 4.69) is 11.9 Å². The second kappa shape index (κ2) is 5.85. The number of piperidine rings is 1. The van der Waals surface area contributed by atoms with Gasteiger partial charge in [-0.15, -0.1) is 0 Å². The van der Waals surface area contributed by atoms with Crippen molar-refractivity contribution in [3.05, 3.63) is 24.0 Å². The monoisotopic (exact) mass is 247 g/mol. The Morgan fingerprint density at radius 2 is 2.39 bits per heavy atom. The maximum Gasteiger partial charge on any atom is 0.272 e. The van der Waals surface area contributed by atoms with Crippen molar-refractivity contribution in [2.24, 2.45) is 0 Å². The van der Waals surface area contributed by atoms with E-state index in [4.69, 9.17) is 5.73 Å². The summed E-state index contributed by atoms with van der Waals surface area (Å²) < 4.78 is 0. The summed E-state index contributed by atoms with van der Waals surface area (Å²) in [5, 5.41) is 0. The summed E-state index contributed by atoms with van der Waals surface area (Å²) >= 11 is 0. The van der Waals surface area contributed by atoms with E-state index in [9.17, 15) is 4.79 Å². The van der Waals surface area contributed by atoms with Crippen LogP contribution in [0.5, 0.6) is 0 Å². The molecule has 2 heterocycles. The molecule has 18 heavy (non-hydrogen) atoms. The zero-order chi connectivity index (χ0) is 13.0. The minimum absolute atomic E-state index is 0.0282. The Labute approximate surface area is 108 Å². The molecule has 0 aromatic carbocycles. The Kier molecular flexibility index (Phi) is 4.18. The molecule has 0 saturated carbocycles. The first-order valence-corrected chi connectivity index (χ1v) is 6.75. The average molecular weight is 247 g/mol.